The van der Waals surface area contributed by atoms with Crippen molar-refractivity contribution in [1.29, 1.82) is 0 Å². The lowest BCUT2D eigenvalue weighted by Gasteiger charge is -2.20. The number of carbonyl (C=O) groups is 1. The highest BCUT2D eigenvalue weighted by molar-refractivity contribution is 5.66. The van der Waals surface area contributed by atoms with Crippen LogP contribution in [0.4, 0.5) is 0 Å². The Balaban J connectivity index is 1.86. The maximum absolute atomic E-state index is 10.5. The molecule has 19 heavy (non-hydrogen) atoms. The van der Waals surface area contributed by atoms with Gasteiger partial charge in [-0.25, -0.2) is 0 Å². The monoisotopic (exact) mass is 263 g/mol. The average molecular weight is 263 g/mol. The number of ether oxygens (including phenoxy) is 1. The minimum atomic E-state index is -0.723. The molecule has 4 heteroatoms. The van der Waals surface area contributed by atoms with E-state index in [1.54, 1.807) is 0 Å². The summed E-state index contributed by atoms with van der Waals surface area (Å²) in [6, 6.07) is 6.36. The molecule has 1 heterocycles. The van der Waals surface area contributed by atoms with Crippen LogP contribution in [0.25, 0.3) is 0 Å². The van der Waals surface area contributed by atoms with E-state index in [9.17, 15) is 4.79 Å². The summed E-state index contributed by atoms with van der Waals surface area (Å²) in [5.74, 6) is 0.294. The molecule has 0 radical (unpaired) electrons. The van der Waals surface area contributed by atoms with Gasteiger partial charge < -0.3 is 14.7 Å². The van der Waals surface area contributed by atoms with Crippen LogP contribution in [0.15, 0.2) is 18.2 Å². The molecular formula is C15H21NO3. The van der Waals surface area contributed by atoms with E-state index in [0.29, 0.717) is 6.42 Å². The number of benzene rings is 1. The second kappa shape index (κ2) is 6.57. The number of hydrogen-bond donors (Lipinski definition) is 1. The number of aliphatic carboxylic acids is 1. The highest BCUT2D eigenvalue weighted by Crippen LogP contribution is 2.25. The first-order valence-corrected chi connectivity index (χ1v) is 6.80. The van der Waals surface area contributed by atoms with Gasteiger partial charge in [0.25, 0.3) is 0 Å². The molecule has 1 aromatic carbocycles. The Morgan fingerprint density at radius 1 is 1.47 bits per heavy atom. The lowest BCUT2D eigenvalue weighted by molar-refractivity contribution is -0.137. The van der Waals surface area contributed by atoms with Crippen molar-refractivity contribution < 1.29 is 14.6 Å². The van der Waals surface area contributed by atoms with Gasteiger partial charge in [-0.2, -0.15) is 0 Å². The molecule has 0 spiro atoms. The van der Waals surface area contributed by atoms with Crippen molar-refractivity contribution in [1.82, 2.24) is 4.90 Å². The Kier molecular flexibility index (Phi) is 4.80. The Morgan fingerprint density at radius 3 is 3.11 bits per heavy atom. The Morgan fingerprint density at radius 2 is 2.32 bits per heavy atom. The van der Waals surface area contributed by atoms with Gasteiger partial charge in [-0.1, -0.05) is 12.1 Å². The zero-order chi connectivity index (χ0) is 13.7. The van der Waals surface area contributed by atoms with E-state index >= 15 is 0 Å². The number of rotatable bonds is 6. The van der Waals surface area contributed by atoms with Crippen LogP contribution in [0.2, 0.25) is 0 Å². The van der Waals surface area contributed by atoms with Crippen molar-refractivity contribution in [2.45, 2.75) is 32.2 Å². The number of nitrogens with zero attached hydrogens (tertiary/aromatic N) is 1. The number of carboxylic acids is 1. The van der Waals surface area contributed by atoms with E-state index in [2.05, 4.69) is 23.1 Å². The van der Waals surface area contributed by atoms with Crippen LogP contribution in [0.1, 0.15) is 30.4 Å². The molecule has 0 aromatic heterocycles. The lowest BCUT2D eigenvalue weighted by atomic mass is 10.0. The fourth-order valence-corrected chi connectivity index (χ4v) is 2.40. The van der Waals surface area contributed by atoms with E-state index in [4.69, 9.17) is 9.84 Å². The Labute approximate surface area is 114 Å². The molecule has 0 amide bonds. The van der Waals surface area contributed by atoms with Crippen molar-refractivity contribution >= 4 is 5.97 Å². The first kappa shape index (κ1) is 13.9. The molecule has 0 fully saturated rings. The van der Waals surface area contributed by atoms with Gasteiger partial charge in [-0.3, -0.25) is 4.79 Å². The fraction of sp³-hybridized carbons (Fsp3) is 0.533. The highest BCUT2D eigenvalue weighted by atomic mass is 16.5. The van der Waals surface area contributed by atoms with Crippen LogP contribution >= 0.6 is 0 Å². The molecule has 0 atom stereocenters. The molecule has 1 aromatic rings. The molecule has 1 aliphatic heterocycles. The first-order valence-electron chi connectivity index (χ1n) is 6.80. The summed E-state index contributed by atoms with van der Waals surface area (Å²) in [4.78, 5) is 12.6. The maximum Gasteiger partial charge on any atom is 0.303 e. The third-order valence-electron chi connectivity index (χ3n) is 3.36. The lowest BCUT2D eigenvalue weighted by Crippen LogP contribution is -2.20. The summed E-state index contributed by atoms with van der Waals surface area (Å²) in [6.07, 6.45) is 3.11. The summed E-state index contributed by atoms with van der Waals surface area (Å²) >= 11 is 0. The van der Waals surface area contributed by atoms with E-state index in [1.807, 2.05) is 7.05 Å². The van der Waals surface area contributed by atoms with E-state index in [0.717, 1.165) is 38.3 Å². The highest BCUT2D eigenvalue weighted by Gasteiger charge is 2.11. The zero-order valence-electron chi connectivity index (χ0n) is 11.4. The first-order chi connectivity index (χ1) is 9.15. The van der Waals surface area contributed by atoms with Gasteiger partial charge in [-0.15, -0.1) is 0 Å². The van der Waals surface area contributed by atoms with Crippen molar-refractivity contribution in [2.24, 2.45) is 0 Å². The van der Waals surface area contributed by atoms with Crippen molar-refractivity contribution in [2.75, 3.05) is 20.2 Å². The average Bonchev–Trinajstić information content (AvgIpc) is 2.38. The van der Waals surface area contributed by atoms with Gasteiger partial charge in [0.05, 0.1) is 6.61 Å². The van der Waals surface area contributed by atoms with Gasteiger partial charge in [0.1, 0.15) is 5.75 Å². The summed E-state index contributed by atoms with van der Waals surface area (Å²) < 4.78 is 5.60. The summed E-state index contributed by atoms with van der Waals surface area (Å²) in [7, 11) is 2.03. The van der Waals surface area contributed by atoms with E-state index in [-0.39, 0.29) is 6.42 Å². The molecule has 104 valence electrons. The Bertz CT molecular complexity index is 445. The van der Waals surface area contributed by atoms with E-state index < -0.39 is 5.97 Å². The predicted molar refractivity (Wildman–Crippen MR) is 73.5 cm³/mol. The molecule has 2 rings (SSSR count). The fourth-order valence-electron chi connectivity index (χ4n) is 2.40. The van der Waals surface area contributed by atoms with Crippen LogP contribution in [-0.2, 0) is 17.8 Å². The van der Waals surface area contributed by atoms with Gasteiger partial charge >= 0.3 is 5.97 Å². The van der Waals surface area contributed by atoms with Gasteiger partial charge in [0.2, 0.25) is 0 Å². The molecule has 0 saturated carbocycles. The molecule has 0 unspecified atom stereocenters. The van der Waals surface area contributed by atoms with Gasteiger partial charge in [0.15, 0.2) is 0 Å². The molecule has 4 nitrogen and oxygen atoms in total. The third-order valence-corrected chi connectivity index (χ3v) is 3.36. The van der Waals surface area contributed by atoms with Crippen molar-refractivity contribution in [3.8, 4) is 5.75 Å². The Hall–Kier alpha value is -1.55. The van der Waals surface area contributed by atoms with Crippen LogP contribution in [0.3, 0.4) is 0 Å². The van der Waals surface area contributed by atoms with Crippen molar-refractivity contribution in [3.05, 3.63) is 29.3 Å². The maximum atomic E-state index is 10.5. The van der Waals surface area contributed by atoms with Crippen LogP contribution < -0.4 is 4.74 Å². The molecule has 1 aliphatic rings. The second-order valence-electron chi connectivity index (χ2n) is 5.13. The molecular weight excluding hydrogens is 242 g/mol. The summed E-state index contributed by atoms with van der Waals surface area (Å²) in [6.45, 7) is 2.48. The molecule has 0 aliphatic carbocycles. The number of hydrogen-bond acceptors (Lipinski definition) is 3. The number of fused-ring (bicyclic) bond motifs is 1. The standard InChI is InChI=1S/C15H21NO3/c1-16(8-2-5-15(17)18)11-12-6-7-14-13(10-12)4-3-9-19-14/h6-7,10H,2-5,8-9,11H2,1H3,(H,17,18). The largest absolute Gasteiger partial charge is 0.493 e. The minimum absolute atomic E-state index is 0.238. The smallest absolute Gasteiger partial charge is 0.303 e. The molecule has 0 saturated heterocycles. The third kappa shape index (κ3) is 4.24. The predicted octanol–water partition coefficient (Wildman–Crippen LogP) is 2.31. The second-order valence-corrected chi connectivity index (χ2v) is 5.13. The summed E-state index contributed by atoms with van der Waals surface area (Å²) in [5.41, 5.74) is 2.56. The van der Waals surface area contributed by atoms with Gasteiger partial charge in [0, 0.05) is 13.0 Å². The topological polar surface area (TPSA) is 49.8 Å². The van der Waals surface area contributed by atoms with E-state index in [1.165, 1.54) is 11.1 Å². The summed E-state index contributed by atoms with van der Waals surface area (Å²) in [5, 5.41) is 8.62. The van der Waals surface area contributed by atoms with Crippen LogP contribution in [0.5, 0.6) is 5.75 Å². The number of carboxylic acid groups (broad SMARTS) is 1. The zero-order valence-corrected chi connectivity index (χ0v) is 11.4. The van der Waals surface area contributed by atoms with Crippen LogP contribution in [0, 0.1) is 0 Å². The molecule has 1 N–H and O–H groups in total. The SMILES string of the molecule is CN(CCCC(=O)O)Cc1ccc2c(c1)CCCO2. The van der Waals surface area contributed by atoms with Crippen molar-refractivity contribution in [3.63, 3.8) is 0 Å². The van der Waals surface area contributed by atoms with Crippen LogP contribution in [-0.4, -0.2) is 36.2 Å². The quantitative estimate of drug-likeness (QED) is 0.855. The number of aryl methyl sites for hydroxylation is 1. The van der Waals surface area contributed by atoms with Gasteiger partial charge in [-0.05, 0) is 50.0 Å². The molecule has 0 bridgehead atoms. The minimum Gasteiger partial charge on any atom is -0.493 e. The normalized spacial score (nSPS) is 14.0.